The minimum absolute atomic E-state index is 0.561. The number of hydrogen-bond acceptors (Lipinski definition) is 2. The van der Waals surface area contributed by atoms with Crippen molar-refractivity contribution in [2.45, 2.75) is 13.0 Å². The summed E-state index contributed by atoms with van der Waals surface area (Å²) in [6, 6.07) is 3.77. The lowest BCUT2D eigenvalue weighted by Gasteiger charge is -2.07. The molecule has 0 saturated heterocycles. The van der Waals surface area contributed by atoms with E-state index in [4.69, 9.17) is 5.73 Å². The molecule has 1 heterocycles. The Labute approximate surface area is 97.9 Å². The van der Waals surface area contributed by atoms with Gasteiger partial charge in [0, 0.05) is 24.5 Å². The fourth-order valence-corrected chi connectivity index (χ4v) is 1.65. The molecule has 90 valence electrons. The second-order valence-electron chi connectivity index (χ2n) is 3.72. The van der Waals surface area contributed by atoms with E-state index in [0.29, 0.717) is 24.5 Å². The Morgan fingerprint density at radius 2 is 2.06 bits per heavy atom. The second-order valence-corrected chi connectivity index (χ2v) is 3.72. The maximum atomic E-state index is 13.1. The van der Waals surface area contributed by atoms with Crippen molar-refractivity contribution in [3.05, 3.63) is 42.2 Å². The molecule has 0 aliphatic carbocycles. The average Bonchev–Trinajstić information content (AvgIpc) is 2.78. The number of rotatable bonds is 4. The van der Waals surface area contributed by atoms with Gasteiger partial charge in [0.15, 0.2) is 11.6 Å². The molecule has 0 spiro atoms. The summed E-state index contributed by atoms with van der Waals surface area (Å²) in [6.45, 7) is 1.29. The normalized spacial score (nSPS) is 10.8. The molecular weight excluding hydrogens is 224 g/mol. The molecular formula is C12H13F2N3. The molecule has 0 aliphatic heterocycles. The number of aromatic nitrogens is 2. The lowest BCUT2D eigenvalue weighted by atomic mass is 10.2. The predicted molar refractivity (Wildman–Crippen MR) is 61.3 cm³/mol. The van der Waals surface area contributed by atoms with Gasteiger partial charge in [-0.2, -0.15) is 0 Å². The molecule has 1 aromatic heterocycles. The first kappa shape index (κ1) is 11.7. The van der Waals surface area contributed by atoms with Crippen LogP contribution in [0, 0.1) is 11.6 Å². The van der Waals surface area contributed by atoms with Crippen LogP contribution in [0.2, 0.25) is 0 Å². The molecule has 2 N–H and O–H groups in total. The van der Waals surface area contributed by atoms with Crippen molar-refractivity contribution in [2.75, 3.05) is 6.54 Å². The number of nitrogens with zero attached hydrogens (tertiary/aromatic N) is 2. The third-order valence-electron chi connectivity index (χ3n) is 2.50. The first-order chi connectivity index (χ1) is 8.22. The number of nitrogens with two attached hydrogens (primary N) is 1. The smallest absolute Gasteiger partial charge is 0.159 e. The minimum atomic E-state index is -0.865. The molecule has 0 aliphatic rings. The molecule has 0 amide bonds. The van der Waals surface area contributed by atoms with Crippen LogP contribution < -0.4 is 5.73 Å². The number of benzene rings is 1. The summed E-state index contributed by atoms with van der Waals surface area (Å²) >= 11 is 0. The topological polar surface area (TPSA) is 43.8 Å². The van der Waals surface area contributed by atoms with Gasteiger partial charge in [0.25, 0.3) is 0 Å². The Morgan fingerprint density at radius 1 is 1.24 bits per heavy atom. The van der Waals surface area contributed by atoms with Crippen molar-refractivity contribution in [1.29, 1.82) is 0 Å². The van der Waals surface area contributed by atoms with E-state index in [0.717, 1.165) is 18.6 Å². The van der Waals surface area contributed by atoms with Crippen LogP contribution in [-0.4, -0.2) is 16.1 Å². The summed E-state index contributed by atoms with van der Waals surface area (Å²) in [6.07, 6.45) is 4.24. The summed E-state index contributed by atoms with van der Waals surface area (Å²) in [5.41, 5.74) is 6.00. The summed E-state index contributed by atoms with van der Waals surface area (Å²) in [5, 5.41) is 0. The molecule has 2 rings (SSSR count). The summed E-state index contributed by atoms with van der Waals surface area (Å²) in [4.78, 5) is 4.14. The quantitative estimate of drug-likeness (QED) is 0.885. The van der Waals surface area contributed by atoms with E-state index in [1.54, 1.807) is 12.4 Å². The van der Waals surface area contributed by atoms with Crippen LogP contribution in [0.25, 0.3) is 11.4 Å². The molecule has 0 saturated carbocycles. The van der Waals surface area contributed by atoms with Crippen molar-refractivity contribution >= 4 is 0 Å². The molecule has 5 heteroatoms. The zero-order valence-corrected chi connectivity index (χ0v) is 9.24. The summed E-state index contributed by atoms with van der Waals surface area (Å²) < 4.78 is 27.8. The third kappa shape index (κ3) is 2.50. The van der Waals surface area contributed by atoms with E-state index in [9.17, 15) is 8.78 Å². The van der Waals surface area contributed by atoms with Crippen molar-refractivity contribution in [3.63, 3.8) is 0 Å². The molecule has 2 aromatic rings. The maximum absolute atomic E-state index is 13.1. The van der Waals surface area contributed by atoms with E-state index < -0.39 is 11.6 Å². The summed E-state index contributed by atoms with van der Waals surface area (Å²) in [7, 11) is 0. The van der Waals surface area contributed by atoms with Crippen LogP contribution in [0.4, 0.5) is 8.78 Å². The van der Waals surface area contributed by atoms with Gasteiger partial charge in [-0.1, -0.05) is 0 Å². The molecule has 0 atom stereocenters. The number of imidazole rings is 1. The molecule has 17 heavy (non-hydrogen) atoms. The zero-order chi connectivity index (χ0) is 12.3. The SMILES string of the molecule is NCCCn1ccnc1-c1ccc(F)c(F)c1. The molecule has 0 fully saturated rings. The Balaban J connectivity index is 2.32. The van der Waals surface area contributed by atoms with Gasteiger partial charge in [0.2, 0.25) is 0 Å². The van der Waals surface area contributed by atoms with Crippen LogP contribution in [0.1, 0.15) is 6.42 Å². The third-order valence-corrected chi connectivity index (χ3v) is 2.50. The highest BCUT2D eigenvalue weighted by molar-refractivity contribution is 5.55. The van der Waals surface area contributed by atoms with Gasteiger partial charge >= 0.3 is 0 Å². The van der Waals surface area contributed by atoms with Crippen LogP contribution in [0.15, 0.2) is 30.6 Å². The van der Waals surface area contributed by atoms with Gasteiger partial charge < -0.3 is 10.3 Å². The van der Waals surface area contributed by atoms with Crippen molar-refractivity contribution < 1.29 is 8.78 Å². The van der Waals surface area contributed by atoms with Crippen LogP contribution in [-0.2, 0) is 6.54 Å². The van der Waals surface area contributed by atoms with Gasteiger partial charge in [0.1, 0.15) is 5.82 Å². The first-order valence-electron chi connectivity index (χ1n) is 5.39. The highest BCUT2D eigenvalue weighted by atomic mass is 19.2. The molecule has 1 aromatic carbocycles. The highest BCUT2D eigenvalue weighted by Gasteiger charge is 2.09. The van der Waals surface area contributed by atoms with Gasteiger partial charge in [-0.3, -0.25) is 0 Å². The number of halogens is 2. The Bertz CT molecular complexity index is 508. The fourth-order valence-electron chi connectivity index (χ4n) is 1.65. The largest absolute Gasteiger partial charge is 0.331 e. The maximum Gasteiger partial charge on any atom is 0.159 e. The van der Waals surface area contributed by atoms with Gasteiger partial charge in [-0.15, -0.1) is 0 Å². The second kappa shape index (κ2) is 5.05. The Hall–Kier alpha value is -1.75. The predicted octanol–water partition coefficient (Wildman–Crippen LogP) is 2.18. The molecule has 3 nitrogen and oxygen atoms in total. The number of aryl methyl sites for hydroxylation is 1. The highest BCUT2D eigenvalue weighted by Crippen LogP contribution is 2.20. The minimum Gasteiger partial charge on any atom is -0.331 e. The van der Waals surface area contributed by atoms with Crippen LogP contribution in [0.3, 0.4) is 0 Å². The lowest BCUT2D eigenvalue weighted by molar-refractivity contribution is 0.509. The van der Waals surface area contributed by atoms with E-state index in [1.807, 2.05) is 4.57 Å². The van der Waals surface area contributed by atoms with Crippen molar-refractivity contribution in [3.8, 4) is 11.4 Å². The lowest BCUT2D eigenvalue weighted by Crippen LogP contribution is -2.06. The van der Waals surface area contributed by atoms with Gasteiger partial charge in [0.05, 0.1) is 0 Å². The Kier molecular flexibility index (Phi) is 3.49. The molecule has 0 unspecified atom stereocenters. The first-order valence-corrected chi connectivity index (χ1v) is 5.39. The summed E-state index contributed by atoms with van der Waals surface area (Å²) in [5.74, 6) is -1.10. The molecule has 0 radical (unpaired) electrons. The standard InChI is InChI=1S/C12H13F2N3/c13-10-3-2-9(8-11(10)14)12-16-5-7-17(12)6-1-4-15/h2-3,5,7-8H,1,4,6,15H2. The fraction of sp³-hybridized carbons (Fsp3) is 0.250. The molecule has 0 bridgehead atoms. The van der Waals surface area contributed by atoms with Gasteiger partial charge in [-0.25, -0.2) is 13.8 Å². The number of hydrogen-bond donors (Lipinski definition) is 1. The Morgan fingerprint density at radius 3 is 2.76 bits per heavy atom. The van der Waals surface area contributed by atoms with E-state index in [2.05, 4.69) is 4.98 Å². The van der Waals surface area contributed by atoms with Crippen LogP contribution in [0.5, 0.6) is 0 Å². The van der Waals surface area contributed by atoms with Gasteiger partial charge in [-0.05, 0) is 31.2 Å². The van der Waals surface area contributed by atoms with Crippen molar-refractivity contribution in [1.82, 2.24) is 9.55 Å². The average molecular weight is 237 g/mol. The monoisotopic (exact) mass is 237 g/mol. The van der Waals surface area contributed by atoms with E-state index >= 15 is 0 Å². The van der Waals surface area contributed by atoms with Crippen molar-refractivity contribution in [2.24, 2.45) is 5.73 Å². The van der Waals surface area contributed by atoms with E-state index in [-0.39, 0.29) is 0 Å². The van der Waals surface area contributed by atoms with E-state index in [1.165, 1.54) is 6.07 Å². The van der Waals surface area contributed by atoms with Crippen LogP contribution >= 0.6 is 0 Å². The zero-order valence-electron chi connectivity index (χ0n) is 9.24.